The van der Waals surface area contributed by atoms with Crippen LogP contribution in [0.4, 0.5) is 0 Å². The van der Waals surface area contributed by atoms with Crippen molar-refractivity contribution in [3.05, 3.63) is 54.1 Å². The van der Waals surface area contributed by atoms with Crippen LogP contribution in [0.5, 0.6) is 0 Å². The van der Waals surface area contributed by atoms with Gasteiger partial charge in [0.15, 0.2) is 0 Å². The molecule has 1 aromatic rings. The van der Waals surface area contributed by atoms with Crippen LogP contribution in [0.1, 0.15) is 6.92 Å². The molecule has 0 spiro atoms. The first-order valence-corrected chi connectivity index (χ1v) is 4.65. The first-order valence-electron chi connectivity index (χ1n) is 4.28. The van der Waals surface area contributed by atoms with E-state index in [0.717, 1.165) is 17.7 Å². The van der Waals surface area contributed by atoms with E-state index in [4.69, 9.17) is 11.6 Å². The number of hydrogen-bond donors (Lipinski definition) is 0. The maximum absolute atomic E-state index is 5.82. The minimum atomic E-state index is 0.556. The lowest BCUT2D eigenvalue weighted by molar-refractivity contribution is 0.791. The quantitative estimate of drug-likeness (QED) is 0.696. The molecule has 0 fully saturated rings. The van der Waals surface area contributed by atoms with Gasteiger partial charge in [0.25, 0.3) is 0 Å². The fraction of sp³-hybridized carbons (Fsp3) is 0.182. The molecular formula is C11H13ClN2. The molecule has 3 heteroatoms. The Morgan fingerprint density at radius 3 is 2.79 bits per heavy atom. The van der Waals surface area contributed by atoms with E-state index in [1.54, 1.807) is 18.6 Å². The molecule has 0 N–H and O–H groups in total. The molecule has 0 radical (unpaired) electrons. The van der Waals surface area contributed by atoms with Gasteiger partial charge in [-0.3, -0.25) is 0 Å². The summed E-state index contributed by atoms with van der Waals surface area (Å²) >= 11 is 5.82. The molecule has 0 saturated carbocycles. The van der Waals surface area contributed by atoms with Crippen molar-refractivity contribution in [1.29, 1.82) is 0 Å². The highest BCUT2D eigenvalue weighted by atomic mass is 35.5. The van der Waals surface area contributed by atoms with Crippen molar-refractivity contribution in [2.75, 3.05) is 0 Å². The second-order valence-electron chi connectivity index (χ2n) is 2.99. The molecule has 0 aliphatic carbocycles. The summed E-state index contributed by atoms with van der Waals surface area (Å²) in [6, 6.07) is 0. The zero-order valence-corrected chi connectivity index (χ0v) is 8.96. The average Bonchev–Trinajstić information content (AvgIpc) is 2.65. The third-order valence-electron chi connectivity index (χ3n) is 2.05. The van der Waals surface area contributed by atoms with Crippen LogP contribution in [0.3, 0.4) is 0 Å². The van der Waals surface area contributed by atoms with Gasteiger partial charge >= 0.3 is 0 Å². The third kappa shape index (κ3) is 2.60. The largest absolute Gasteiger partial charge is 0.333 e. The number of hydrogen-bond acceptors (Lipinski definition) is 1. The molecule has 1 heterocycles. The van der Waals surface area contributed by atoms with Gasteiger partial charge in [0.1, 0.15) is 0 Å². The number of rotatable bonds is 4. The molecule has 0 aromatic carbocycles. The van der Waals surface area contributed by atoms with Gasteiger partial charge in [0.2, 0.25) is 0 Å². The Hall–Kier alpha value is -1.28. The first kappa shape index (κ1) is 10.8. The van der Waals surface area contributed by atoms with E-state index in [0.29, 0.717) is 5.03 Å². The minimum absolute atomic E-state index is 0.556. The van der Waals surface area contributed by atoms with E-state index in [2.05, 4.69) is 18.1 Å². The third-order valence-corrected chi connectivity index (χ3v) is 2.33. The molecule has 0 aliphatic heterocycles. The number of aromatic nitrogens is 2. The Morgan fingerprint density at radius 2 is 2.36 bits per heavy atom. The molecule has 74 valence electrons. The predicted octanol–water partition coefficient (Wildman–Crippen LogP) is 3.14. The number of halogens is 1. The molecule has 0 unspecified atom stereocenters. The van der Waals surface area contributed by atoms with E-state index in [9.17, 15) is 0 Å². The van der Waals surface area contributed by atoms with Crippen LogP contribution in [0.2, 0.25) is 0 Å². The minimum Gasteiger partial charge on any atom is -0.333 e. The monoisotopic (exact) mass is 208 g/mol. The Balaban J connectivity index is 2.89. The fourth-order valence-corrected chi connectivity index (χ4v) is 1.21. The van der Waals surface area contributed by atoms with Crippen LogP contribution in [-0.2, 0) is 6.54 Å². The number of nitrogens with zero attached hydrogens (tertiary/aromatic N) is 2. The Kier molecular flexibility index (Phi) is 3.72. The normalized spacial score (nSPS) is 12.1. The second kappa shape index (κ2) is 4.82. The Morgan fingerprint density at radius 1 is 1.64 bits per heavy atom. The lowest BCUT2D eigenvalue weighted by atomic mass is 10.1. The van der Waals surface area contributed by atoms with Crippen LogP contribution in [0.15, 0.2) is 54.1 Å². The van der Waals surface area contributed by atoms with Crippen LogP contribution >= 0.6 is 11.6 Å². The summed E-state index contributed by atoms with van der Waals surface area (Å²) < 4.78 is 1.96. The van der Waals surface area contributed by atoms with Gasteiger partial charge in [-0.15, -0.1) is 0 Å². The summed E-state index contributed by atoms with van der Waals surface area (Å²) in [6.45, 7) is 10.1. The number of imidazole rings is 1. The summed E-state index contributed by atoms with van der Waals surface area (Å²) in [5.41, 5.74) is 2.03. The highest BCUT2D eigenvalue weighted by Gasteiger charge is 2.01. The Bertz CT molecular complexity index is 361. The molecule has 0 amide bonds. The summed E-state index contributed by atoms with van der Waals surface area (Å²) in [5.74, 6) is 0. The van der Waals surface area contributed by atoms with Gasteiger partial charge in [-0.1, -0.05) is 30.8 Å². The smallest absolute Gasteiger partial charge is 0.0949 e. The maximum Gasteiger partial charge on any atom is 0.0949 e. The van der Waals surface area contributed by atoms with Gasteiger partial charge in [-0.25, -0.2) is 4.98 Å². The number of allylic oxidation sites excluding steroid dienone is 4. The molecule has 1 aromatic heterocycles. The maximum atomic E-state index is 5.82. The van der Waals surface area contributed by atoms with Crippen molar-refractivity contribution in [3.8, 4) is 0 Å². The van der Waals surface area contributed by atoms with Crippen molar-refractivity contribution in [1.82, 2.24) is 9.55 Å². The molecule has 2 nitrogen and oxygen atoms in total. The van der Waals surface area contributed by atoms with Crippen molar-refractivity contribution >= 4 is 11.6 Å². The van der Waals surface area contributed by atoms with E-state index in [1.807, 2.05) is 17.7 Å². The molecule has 1 rings (SSSR count). The van der Waals surface area contributed by atoms with Crippen LogP contribution < -0.4 is 0 Å². The van der Waals surface area contributed by atoms with Crippen molar-refractivity contribution in [3.63, 3.8) is 0 Å². The summed E-state index contributed by atoms with van der Waals surface area (Å²) in [6.07, 6.45) is 7.19. The second-order valence-corrected chi connectivity index (χ2v) is 3.45. The van der Waals surface area contributed by atoms with E-state index in [1.165, 1.54) is 0 Å². The fourth-order valence-electron chi connectivity index (χ4n) is 1.09. The van der Waals surface area contributed by atoms with Crippen LogP contribution in [0.25, 0.3) is 0 Å². The van der Waals surface area contributed by atoms with E-state index >= 15 is 0 Å². The zero-order valence-electron chi connectivity index (χ0n) is 8.20. The van der Waals surface area contributed by atoms with Crippen molar-refractivity contribution in [2.45, 2.75) is 13.5 Å². The van der Waals surface area contributed by atoms with Crippen LogP contribution in [0, 0.1) is 0 Å². The molecule has 0 saturated heterocycles. The summed E-state index contributed by atoms with van der Waals surface area (Å²) in [4.78, 5) is 3.96. The molecule has 0 atom stereocenters. The topological polar surface area (TPSA) is 17.8 Å². The average molecular weight is 209 g/mol. The van der Waals surface area contributed by atoms with Gasteiger partial charge in [0, 0.05) is 24.0 Å². The predicted molar refractivity (Wildman–Crippen MR) is 60.1 cm³/mol. The van der Waals surface area contributed by atoms with Gasteiger partial charge in [0.05, 0.1) is 6.33 Å². The van der Waals surface area contributed by atoms with Crippen LogP contribution in [-0.4, -0.2) is 9.55 Å². The van der Waals surface area contributed by atoms with Gasteiger partial charge < -0.3 is 4.57 Å². The van der Waals surface area contributed by atoms with E-state index in [-0.39, 0.29) is 0 Å². The highest BCUT2D eigenvalue weighted by molar-refractivity contribution is 6.31. The molecule has 14 heavy (non-hydrogen) atoms. The zero-order chi connectivity index (χ0) is 10.6. The SMILES string of the molecule is C=C/C(Cn1ccnc1)=C(/C)C(=C)Cl. The first-order chi connectivity index (χ1) is 6.65. The Labute approximate surface area is 89.2 Å². The standard InChI is InChI=1S/C11H13ClN2/c1-4-11(9(2)10(3)12)7-14-6-5-13-8-14/h4-6,8H,1,3,7H2,2H3/b11-9+. The molecule has 0 bridgehead atoms. The lowest BCUT2D eigenvalue weighted by Crippen LogP contribution is -1.98. The highest BCUT2D eigenvalue weighted by Crippen LogP contribution is 2.18. The van der Waals surface area contributed by atoms with E-state index < -0.39 is 0 Å². The van der Waals surface area contributed by atoms with Gasteiger partial charge in [-0.2, -0.15) is 0 Å². The summed E-state index contributed by atoms with van der Waals surface area (Å²) in [7, 11) is 0. The lowest BCUT2D eigenvalue weighted by Gasteiger charge is -2.07. The van der Waals surface area contributed by atoms with Crippen molar-refractivity contribution in [2.24, 2.45) is 0 Å². The molecule has 0 aliphatic rings. The van der Waals surface area contributed by atoms with Gasteiger partial charge in [-0.05, 0) is 18.1 Å². The molecular weight excluding hydrogens is 196 g/mol. The summed E-state index contributed by atoms with van der Waals surface area (Å²) in [5, 5.41) is 0.556. The van der Waals surface area contributed by atoms with Crippen molar-refractivity contribution < 1.29 is 0 Å².